The molecule has 2 heteroatoms. The minimum Gasteiger partial charge on any atom is -0.312 e. The van der Waals surface area contributed by atoms with E-state index < -0.39 is 0 Å². The highest BCUT2D eigenvalue weighted by Crippen LogP contribution is 2.17. The van der Waals surface area contributed by atoms with Crippen LogP contribution >= 0.6 is 15.9 Å². The lowest BCUT2D eigenvalue weighted by molar-refractivity contribution is 0.551. The van der Waals surface area contributed by atoms with Crippen LogP contribution in [0.2, 0.25) is 0 Å². The van der Waals surface area contributed by atoms with Crippen LogP contribution in [0.5, 0.6) is 0 Å². The molecule has 0 aliphatic carbocycles. The molecule has 14 heavy (non-hydrogen) atoms. The first-order valence-electron chi connectivity index (χ1n) is 5.05. The van der Waals surface area contributed by atoms with Crippen LogP contribution in [0, 0.1) is 12.8 Å². The lowest BCUT2D eigenvalue weighted by Crippen LogP contribution is -2.19. The Morgan fingerprint density at radius 3 is 2.71 bits per heavy atom. The number of aryl methyl sites for hydroxylation is 1. The Bertz CT molecular complexity index is 294. The number of hydrogen-bond acceptors (Lipinski definition) is 1. The minimum atomic E-state index is 0.707. The first-order chi connectivity index (χ1) is 6.59. The number of hydrogen-bond donors (Lipinski definition) is 1. The molecular weight excluding hydrogens is 238 g/mol. The van der Waals surface area contributed by atoms with Gasteiger partial charge in [-0.3, -0.25) is 0 Å². The van der Waals surface area contributed by atoms with Crippen LogP contribution in [-0.2, 0) is 6.54 Å². The van der Waals surface area contributed by atoms with E-state index in [-0.39, 0.29) is 0 Å². The smallest absolute Gasteiger partial charge is 0.0220 e. The van der Waals surface area contributed by atoms with Gasteiger partial charge < -0.3 is 5.32 Å². The summed E-state index contributed by atoms with van der Waals surface area (Å²) in [5.74, 6) is 0.707. The van der Waals surface area contributed by atoms with Crippen molar-refractivity contribution in [3.63, 3.8) is 0 Å². The van der Waals surface area contributed by atoms with Crippen molar-refractivity contribution in [1.29, 1.82) is 0 Å². The molecule has 0 fully saturated rings. The summed E-state index contributed by atoms with van der Waals surface area (Å²) in [5, 5.41) is 3.44. The van der Waals surface area contributed by atoms with Crippen LogP contribution in [0.3, 0.4) is 0 Å². The summed E-state index contributed by atoms with van der Waals surface area (Å²) in [6, 6.07) is 6.45. The van der Waals surface area contributed by atoms with Crippen LogP contribution in [0.25, 0.3) is 0 Å². The van der Waals surface area contributed by atoms with Crippen molar-refractivity contribution < 1.29 is 0 Å². The molecule has 1 aromatic rings. The molecule has 1 N–H and O–H groups in total. The molecular formula is C12H18BrN. The van der Waals surface area contributed by atoms with Gasteiger partial charge in [-0.15, -0.1) is 0 Å². The van der Waals surface area contributed by atoms with Gasteiger partial charge in [0.15, 0.2) is 0 Å². The highest BCUT2D eigenvalue weighted by molar-refractivity contribution is 9.10. The van der Waals surface area contributed by atoms with E-state index in [1.807, 2.05) is 0 Å². The molecule has 0 heterocycles. The van der Waals surface area contributed by atoms with E-state index in [0.29, 0.717) is 5.92 Å². The quantitative estimate of drug-likeness (QED) is 0.869. The van der Waals surface area contributed by atoms with E-state index in [0.717, 1.165) is 13.1 Å². The maximum atomic E-state index is 3.56. The van der Waals surface area contributed by atoms with E-state index in [4.69, 9.17) is 0 Å². The fraction of sp³-hybridized carbons (Fsp3) is 0.500. The Labute approximate surface area is 95.0 Å². The molecule has 78 valence electrons. The third-order valence-corrected chi connectivity index (χ3v) is 2.84. The Hall–Kier alpha value is -0.340. The van der Waals surface area contributed by atoms with Crippen molar-refractivity contribution >= 4 is 15.9 Å². The number of halogens is 1. The lowest BCUT2D eigenvalue weighted by Gasteiger charge is -2.09. The van der Waals surface area contributed by atoms with Crippen molar-refractivity contribution in [2.45, 2.75) is 27.3 Å². The topological polar surface area (TPSA) is 12.0 Å². The van der Waals surface area contributed by atoms with Gasteiger partial charge in [-0.2, -0.15) is 0 Å². The molecule has 1 aromatic carbocycles. The van der Waals surface area contributed by atoms with Gasteiger partial charge in [0, 0.05) is 11.0 Å². The standard InChI is InChI=1S/C12H18BrN/c1-9(2)7-14-8-11-6-10(3)4-5-12(11)13/h4-6,9,14H,7-8H2,1-3H3. The third-order valence-electron chi connectivity index (χ3n) is 2.07. The predicted octanol–water partition coefficient (Wildman–Crippen LogP) is 3.50. The molecule has 0 radical (unpaired) electrons. The molecule has 0 amide bonds. The average molecular weight is 256 g/mol. The van der Waals surface area contributed by atoms with E-state index in [1.165, 1.54) is 15.6 Å². The van der Waals surface area contributed by atoms with Gasteiger partial charge in [0.05, 0.1) is 0 Å². The number of benzene rings is 1. The summed E-state index contributed by atoms with van der Waals surface area (Å²) in [5.41, 5.74) is 2.65. The molecule has 0 aliphatic heterocycles. The van der Waals surface area contributed by atoms with Crippen molar-refractivity contribution in [2.75, 3.05) is 6.54 Å². The maximum absolute atomic E-state index is 3.56. The van der Waals surface area contributed by atoms with Crippen molar-refractivity contribution in [3.05, 3.63) is 33.8 Å². The Morgan fingerprint density at radius 2 is 2.07 bits per heavy atom. The van der Waals surface area contributed by atoms with Gasteiger partial charge in [-0.05, 0) is 31.0 Å². The largest absolute Gasteiger partial charge is 0.312 e. The van der Waals surface area contributed by atoms with Gasteiger partial charge in [0.1, 0.15) is 0 Å². The summed E-state index contributed by atoms with van der Waals surface area (Å²) in [4.78, 5) is 0. The number of rotatable bonds is 4. The van der Waals surface area contributed by atoms with E-state index >= 15 is 0 Å². The Balaban J connectivity index is 2.53. The molecule has 0 saturated carbocycles. The monoisotopic (exact) mass is 255 g/mol. The summed E-state index contributed by atoms with van der Waals surface area (Å²) in [6.07, 6.45) is 0. The highest BCUT2D eigenvalue weighted by Gasteiger charge is 2.00. The summed E-state index contributed by atoms with van der Waals surface area (Å²) in [6.45, 7) is 8.58. The maximum Gasteiger partial charge on any atom is 0.0220 e. The second kappa shape index (κ2) is 5.52. The van der Waals surface area contributed by atoms with Gasteiger partial charge in [0.25, 0.3) is 0 Å². The first kappa shape index (κ1) is 11.7. The lowest BCUT2D eigenvalue weighted by atomic mass is 10.1. The second-order valence-electron chi connectivity index (χ2n) is 4.12. The fourth-order valence-electron chi connectivity index (χ4n) is 1.33. The summed E-state index contributed by atoms with van der Waals surface area (Å²) >= 11 is 3.56. The Morgan fingerprint density at radius 1 is 1.36 bits per heavy atom. The molecule has 0 aromatic heterocycles. The van der Waals surface area contributed by atoms with Gasteiger partial charge in [0.2, 0.25) is 0 Å². The average Bonchev–Trinajstić information content (AvgIpc) is 2.10. The molecule has 0 bridgehead atoms. The van der Waals surface area contributed by atoms with Crippen LogP contribution in [0.1, 0.15) is 25.0 Å². The summed E-state index contributed by atoms with van der Waals surface area (Å²) < 4.78 is 1.19. The van der Waals surface area contributed by atoms with E-state index in [1.54, 1.807) is 0 Å². The van der Waals surface area contributed by atoms with Crippen molar-refractivity contribution in [3.8, 4) is 0 Å². The molecule has 0 atom stereocenters. The molecule has 0 saturated heterocycles. The van der Waals surface area contributed by atoms with Crippen LogP contribution in [0.4, 0.5) is 0 Å². The number of nitrogens with one attached hydrogen (secondary N) is 1. The predicted molar refractivity (Wildman–Crippen MR) is 65.4 cm³/mol. The minimum absolute atomic E-state index is 0.707. The van der Waals surface area contributed by atoms with Gasteiger partial charge in [-0.25, -0.2) is 0 Å². The van der Waals surface area contributed by atoms with Crippen LogP contribution in [-0.4, -0.2) is 6.54 Å². The van der Waals surface area contributed by atoms with Crippen LogP contribution in [0.15, 0.2) is 22.7 Å². The SMILES string of the molecule is Cc1ccc(Br)c(CNCC(C)C)c1. The van der Waals surface area contributed by atoms with E-state index in [9.17, 15) is 0 Å². The normalized spacial score (nSPS) is 10.9. The molecule has 0 aliphatic rings. The van der Waals surface area contributed by atoms with Crippen molar-refractivity contribution in [2.24, 2.45) is 5.92 Å². The summed E-state index contributed by atoms with van der Waals surface area (Å²) in [7, 11) is 0. The molecule has 0 spiro atoms. The third kappa shape index (κ3) is 3.81. The molecule has 1 rings (SSSR count). The first-order valence-corrected chi connectivity index (χ1v) is 5.84. The van der Waals surface area contributed by atoms with E-state index in [2.05, 4.69) is 60.2 Å². The zero-order chi connectivity index (χ0) is 10.6. The molecule has 0 unspecified atom stereocenters. The zero-order valence-corrected chi connectivity index (χ0v) is 10.7. The Kier molecular flexibility index (Phi) is 4.63. The fourth-order valence-corrected chi connectivity index (χ4v) is 1.72. The highest BCUT2D eigenvalue weighted by atomic mass is 79.9. The molecule has 1 nitrogen and oxygen atoms in total. The zero-order valence-electron chi connectivity index (χ0n) is 9.10. The second-order valence-corrected chi connectivity index (χ2v) is 4.97. The van der Waals surface area contributed by atoms with Crippen molar-refractivity contribution in [1.82, 2.24) is 5.32 Å². The van der Waals surface area contributed by atoms with Gasteiger partial charge >= 0.3 is 0 Å². The van der Waals surface area contributed by atoms with Crippen LogP contribution < -0.4 is 5.32 Å². The van der Waals surface area contributed by atoms with Gasteiger partial charge in [-0.1, -0.05) is 47.5 Å².